The van der Waals surface area contributed by atoms with Crippen LogP contribution in [-0.4, -0.2) is 17.5 Å². The second-order valence-electron chi connectivity index (χ2n) is 5.23. The van der Waals surface area contributed by atoms with E-state index in [1.807, 2.05) is 30.3 Å². The Balaban J connectivity index is 2.04. The molecule has 0 aromatic heterocycles. The zero-order chi connectivity index (χ0) is 16.4. The molecule has 0 amide bonds. The second-order valence-corrected chi connectivity index (χ2v) is 5.23. The maximum Gasteiger partial charge on any atom is 0.334 e. The monoisotopic (exact) mass is 309 g/mol. The second kappa shape index (κ2) is 6.04. The van der Waals surface area contributed by atoms with Crippen molar-refractivity contribution in [3.63, 3.8) is 0 Å². The van der Waals surface area contributed by atoms with E-state index in [4.69, 9.17) is 4.74 Å². The summed E-state index contributed by atoms with van der Waals surface area (Å²) in [6.07, 6.45) is 1.83. The smallest absolute Gasteiger partial charge is 0.334 e. The number of ether oxygens (including phenoxy) is 1. The molecule has 0 heterocycles. The van der Waals surface area contributed by atoms with Gasteiger partial charge in [-0.15, -0.1) is 0 Å². The number of hydrogen-bond acceptors (Lipinski definition) is 4. The zero-order valence-electron chi connectivity index (χ0n) is 12.6. The van der Waals surface area contributed by atoms with Gasteiger partial charge in [-0.1, -0.05) is 36.4 Å². The highest BCUT2D eigenvalue weighted by Crippen LogP contribution is 2.41. The Bertz CT molecular complexity index is 793. The fourth-order valence-electron chi connectivity index (χ4n) is 2.86. The van der Waals surface area contributed by atoms with Gasteiger partial charge in [-0.05, 0) is 29.7 Å². The standard InChI is InChI=1S/C18H15NO4/c1-2-23-18(20)16-11-13-5-3-4-6-15(13)17(16)12-7-9-14(10-8-12)19(21)22/h3-11,17H,2H2,1H3. The van der Waals surface area contributed by atoms with Gasteiger partial charge in [0, 0.05) is 23.6 Å². The number of rotatable bonds is 4. The maximum absolute atomic E-state index is 12.3. The molecular formula is C18H15NO4. The molecule has 0 fully saturated rings. The molecule has 0 spiro atoms. The highest BCUT2D eigenvalue weighted by molar-refractivity contribution is 5.99. The van der Waals surface area contributed by atoms with E-state index >= 15 is 0 Å². The van der Waals surface area contributed by atoms with Crippen molar-refractivity contribution < 1.29 is 14.5 Å². The Morgan fingerprint density at radius 2 is 1.87 bits per heavy atom. The highest BCUT2D eigenvalue weighted by atomic mass is 16.6. The molecule has 1 aliphatic carbocycles. The van der Waals surface area contributed by atoms with E-state index in [2.05, 4.69) is 0 Å². The van der Waals surface area contributed by atoms with Crippen molar-refractivity contribution in [1.82, 2.24) is 0 Å². The molecule has 0 saturated carbocycles. The third kappa shape index (κ3) is 2.73. The number of nitrogens with zero attached hydrogens (tertiary/aromatic N) is 1. The van der Waals surface area contributed by atoms with Crippen LogP contribution < -0.4 is 0 Å². The molecule has 1 aliphatic rings. The normalized spacial score (nSPS) is 15.7. The van der Waals surface area contributed by atoms with Crippen LogP contribution >= 0.6 is 0 Å². The number of carbonyl (C=O) groups excluding carboxylic acids is 1. The maximum atomic E-state index is 12.3. The predicted octanol–water partition coefficient (Wildman–Crippen LogP) is 3.69. The van der Waals surface area contributed by atoms with Crippen molar-refractivity contribution in [2.75, 3.05) is 6.61 Å². The Labute approximate surface area is 133 Å². The lowest BCUT2D eigenvalue weighted by Crippen LogP contribution is -2.13. The summed E-state index contributed by atoms with van der Waals surface area (Å²) < 4.78 is 5.16. The molecule has 116 valence electrons. The molecule has 2 aromatic rings. The van der Waals surface area contributed by atoms with Crippen LogP contribution in [0.2, 0.25) is 0 Å². The van der Waals surface area contributed by atoms with E-state index < -0.39 is 4.92 Å². The molecule has 5 heteroatoms. The van der Waals surface area contributed by atoms with Crippen LogP contribution in [0.1, 0.15) is 29.5 Å². The highest BCUT2D eigenvalue weighted by Gasteiger charge is 2.31. The van der Waals surface area contributed by atoms with Gasteiger partial charge in [0.25, 0.3) is 5.69 Å². The van der Waals surface area contributed by atoms with Crippen LogP contribution in [0.25, 0.3) is 6.08 Å². The quantitative estimate of drug-likeness (QED) is 0.490. The van der Waals surface area contributed by atoms with E-state index in [0.717, 1.165) is 16.7 Å². The number of hydrogen-bond donors (Lipinski definition) is 0. The minimum absolute atomic E-state index is 0.0293. The number of benzene rings is 2. The lowest BCUT2D eigenvalue weighted by atomic mass is 9.88. The molecule has 2 aromatic carbocycles. The zero-order valence-corrected chi connectivity index (χ0v) is 12.6. The fraction of sp³-hybridized carbons (Fsp3) is 0.167. The van der Waals surface area contributed by atoms with Gasteiger partial charge in [0.1, 0.15) is 0 Å². The van der Waals surface area contributed by atoms with Crippen molar-refractivity contribution in [3.05, 3.63) is 80.9 Å². The topological polar surface area (TPSA) is 69.4 Å². The van der Waals surface area contributed by atoms with Crippen LogP contribution in [0.15, 0.2) is 54.1 Å². The molecule has 23 heavy (non-hydrogen) atoms. The Hall–Kier alpha value is -2.95. The van der Waals surface area contributed by atoms with Crippen molar-refractivity contribution in [2.24, 2.45) is 0 Å². The Morgan fingerprint density at radius 3 is 2.52 bits per heavy atom. The Morgan fingerprint density at radius 1 is 1.17 bits per heavy atom. The van der Waals surface area contributed by atoms with Crippen molar-refractivity contribution in [3.8, 4) is 0 Å². The van der Waals surface area contributed by atoms with E-state index in [9.17, 15) is 14.9 Å². The lowest BCUT2D eigenvalue weighted by molar-refractivity contribution is -0.384. The molecule has 0 saturated heterocycles. The molecule has 5 nitrogen and oxygen atoms in total. The lowest BCUT2D eigenvalue weighted by Gasteiger charge is -2.16. The van der Waals surface area contributed by atoms with Crippen LogP contribution in [0.5, 0.6) is 0 Å². The largest absolute Gasteiger partial charge is 0.463 e. The van der Waals surface area contributed by atoms with Crippen LogP contribution in [0, 0.1) is 10.1 Å². The number of carbonyl (C=O) groups is 1. The van der Waals surface area contributed by atoms with Crippen LogP contribution in [-0.2, 0) is 9.53 Å². The molecule has 0 bridgehead atoms. The molecule has 0 aliphatic heterocycles. The summed E-state index contributed by atoms with van der Waals surface area (Å²) in [5.41, 5.74) is 3.40. The van der Waals surface area contributed by atoms with Gasteiger partial charge >= 0.3 is 5.97 Å². The first-order valence-electron chi connectivity index (χ1n) is 7.33. The van der Waals surface area contributed by atoms with Gasteiger partial charge in [-0.2, -0.15) is 0 Å². The Kier molecular flexibility index (Phi) is 3.93. The molecule has 1 unspecified atom stereocenters. The van der Waals surface area contributed by atoms with Gasteiger partial charge in [-0.3, -0.25) is 10.1 Å². The minimum Gasteiger partial charge on any atom is -0.463 e. The van der Waals surface area contributed by atoms with Gasteiger partial charge in [0.2, 0.25) is 0 Å². The SMILES string of the molecule is CCOC(=O)C1=Cc2ccccc2C1c1ccc([N+](=O)[O-])cc1. The third-order valence-electron chi connectivity index (χ3n) is 3.88. The van der Waals surface area contributed by atoms with Crippen molar-refractivity contribution >= 4 is 17.7 Å². The fourth-order valence-corrected chi connectivity index (χ4v) is 2.86. The summed E-state index contributed by atoms with van der Waals surface area (Å²) in [5.74, 6) is -0.613. The molecule has 3 rings (SSSR count). The summed E-state index contributed by atoms with van der Waals surface area (Å²) in [6.45, 7) is 2.07. The van der Waals surface area contributed by atoms with Crippen LogP contribution in [0.4, 0.5) is 5.69 Å². The first kappa shape index (κ1) is 15.0. The number of non-ortho nitro benzene ring substituents is 1. The van der Waals surface area contributed by atoms with Crippen molar-refractivity contribution in [2.45, 2.75) is 12.8 Å². The van der Waals surface area contributed by atoms with Gasteiger partial charge in [0.05, 0.1) is 11.5 Å². The summed E-state index contributed by atoms with van der Waals surface area (Å²) in [4.78, 5) is 22.6. The molecule has 0 radical (unpaired) electrons. The van der Waals surface area contributed by atoms with E-state index in [1.165, 1.54) is 12.1 Å². The summed E-state index contributed by atoms with van der Waals surface area (Å²) >= 11 is 0. The average molecular weight is 309 g/mol. The first-order chi connectivity index (χ1) is 11.1. The number of fused-ring (bicyclic) bond motifs is 1. The van der Waals surface area contributed by atoms with Gasteiger partial charge in [-0.25, -0.2) is 4.79 Å². The van der Waals surface area contributed by atoms with E-state index in [-0.39, 0.29) is 17.6 Å². The van der Waals surface area contributed by atoms with Gasteiger partial charge in [0.15, 0.2) is 0 Å². The summed E-state index contributed by atoms with van der Waals surface area (Å²) in [7, 11) is 0. The van der Waals surface area contributed by atoms with Crippen molar-refractivity contribution in [1.29, 1.82) is 0 Å². The van der Waals surface area contributed by atoms with Crippen LogP contribution in [0.3, 0.4) is 0 Å². The average Bonchev–Trinajstić information content (AvgIpc) is 2.94. The third-order valence-corrected chi connectivity index (χ3v) is 3.88. The van der Waals surface area contributed by atoms with E-state index in [1.54, 1.807) is 19.1 Å². The first-order valence-corrected chi connectivity index (χ1v) is 7.33. The number of esters is 1. The molecular weight excluding hydrogens is 294 g/mol. The van der Waals surface area contributed by atoms with E-state index in [0.29, 0.717) is 12.2 Å². The number of nitro groups is 1. The predicted molar refractivity (Wildman–Crippen MR) is 86.0 cm³/mol. The van der Waals surface area contributed by atoms with Gasteiger partial charge < -0.3 is 4.74 Å². The number of nitro benzene ring substituents is 1. The summed E-state index contributed by atoms with van der Waals surface area (Å²) in [6, 6.07) is 14.0. The minimum atomic E-state index is -0.436. The molecule has 1 atom stereocenters. The molecule has 0 N–H and O–H groups in total. The summed E-state index contributed by atoms with van der Waals surface area (Å²) in [5, 5.41) is 10.8.